The molecule has 5 N–H and O–H groups in total. The zero-order valence-corrected chi connectivity index (χ0v) is 27.2. The van der Waals surface area contributed by atoms with E-state index in [1.807, 2.05) is 0 Å². The number of esters is 1. The zero-order valence-electron chi connectivity index (χ0n) is 27.2. The van der Waals surface area contributed by atoms with Crippen LogP contribution in [0.2, 0.25) is 0 Å². The SMILES string of the molecule is CCCCCCCCCCCC[C@H](O)[C@H]1CC[C@@H]([C@H](O)CCC[C@H](O)[C@H](O)CCCCC[C@H](O)CC2=C[C@@H](C)OC2=O)O1. The summed E-state index contributed by atoms with van der Waals surface area (Å²) >= 11 is 0. The summed E-state index contributed by atoms with van der Waals surface area (Å²) in [7, 11) is 0. The fraction of sp³-hybridized carbons (Fsp3) is 0.914. The molecule has 8 atom stereocenters. The lowest BCUT2D eigenvalue weighted by Crippen LogP contribution is -2.31. The van der Waals surface area contributed by atoms with Gasteiger partial charge in [0, 0.05) is 12.0 Å². The van der Waals surface area contributed by atoms with E-state index in [1.54, 1.807) is 13.0 Å². The van der Waals surface area contributed by atoms with Crippen LogP contribution < -0.4 is 0 Å². The van der Waals surface area contributed by atoms with Gasteiger partial charge in [0.2, 0.25) is 0 Å². The van der Waals surface area contributed by atoms with Gasteiger partial charge in [-0.15, -0.1) is 0 Å². The molecule has 0 radical (unpaired) electrons. The maximum Gasteiger partial charge on any atom is 0.334 e. The average Bonchev–Trinajstić information content (AvgIpc) is 3.59. The van der Waals surface area contributed by atoms with Gasteiger partial charge in [0.15, 0.2) is 0 Å². The van der Waals surface area contributed by atoms with E-state index in [0.717, 1.165) is 51.4 Å². The summed E-state index contributed by atoms with van der Waals surface area (Å²) in [5.74, 6) is -0.343. The van der Waals surface area contributed by atoms with Crippen LogP contribution in [0, 0.1) is 0 Å². The lowest BCUT2D eigenvalue weighted by molar-refractivity contribution is -0.139. The van der Waals surface area contributed by atoms with Crippen molar-refractivity contribution in [3.63, 3.8) is 0 Å². The molecule has 2 aliphatic heterocycles. The van der Waals surface area contributed by atoms with Gasteiger partial charge in [-0.25, -0.2) is 4.79 Å². The van der Waals surface area contributed by atoms with Crippen LogP contribution in [0.1, 0.15) is 155 Å². The predicted octanol–water partition coefficient (Wildman–Crippen LogP) is 6.03. The summed E-state index contributed by atoms with van der Waals surface area (Å²) in [6.45, 7) is 4.04. The van der Waals surface area contributed by atoms with E-state index in [4.69, 9.17) is 9.47 Å². The largest absolute Gasteiger partial charge is 0.455 e. The number of cyclic esters (lactones) is 1. The van der Waals surface area contributed by atoms with Crippen molar-refractivity contribution < 1.29 is 39.8 Å². The number of rotatable bonds is 26. The maximum absolute atomic E-state index is 11.7. The normalized spacial score (nSPS) is 24.0. The fourth-order valence-electron chi connectivity index (χ4n) is 6.44. The minimum atomic E-state index is -0.833. The summed E-state index contributed by atoms with van der Waals surface area (Å²) in [5.41, 5.74) is 0.542. The molecule has 0 aromatic heterocycles. The highest BCUT2D eigenvalue weighted by molar-refractivity contribution is 5.90. The van der Waals surface area contributed by atoms with Crippen molar-refractivity contribution in [1.82, 2.24) is 0 Å². The Balaban J connectivity index is 1.46. The average molecular weight is 613 g/mol. The molecule has 252 valence electrons. The van der Waals surface area contributed by atoms with Gasteiger partial charge in [-0.3, -0.25) is 0 Å². The topological polar surface area (TPSA) is 137 Å². The van der Waals surface area contributed by atoms with E-state index in [9.17, 15) is 30.3 Å². The van der Waals surface area contributed by atoms with Gasteiger partial charge in [0.25, 0.3) is 0 Å². The van der Waals surface area contributed by atoms with Gasteiger partial charge in [-0.2, -0.15) is 0 Å². The highest BCUT2D eigenvalue weighted by Gasteiger charge is 2.34. The molecule has 1 saturated heterocycles. The van der Waals surface area contributed by atoms with Crippen LogP contribution in [0.4, 0.5) is 0 Å². The minimum Gasteiger partial charge on any atom is -0.455 e. The predicted molar refractivity (Wildman–Crippen MR) is 170 cm³/mol. The lowest BCUT2D eigenvalue weighted by Gasteiger charge is -2.23. The monoisotopic (exact) mass is 612 g/mol. The van der Waals surface area contributed by atoms with Crippen molar-refractivity contribution >= 4 is 5.97 Å². The van der Waals surface area contributed by atoms with Gasteiger partial charge in [-0.05, 0) is 64.4 Å². The molecule has 0 aromatic rings. The van der Waals surface area contributed by atoms with Gasteiger partial charge >= 0.3 is 5.97 Å². The second-order valence-electron chi connectivity index (χ2n) is 13.3. The van der Waals surface area contributed by atoms with Gasteiger partial charge in [0.1, 0.15) is 6.10 Å². The number of carbonyl (C=O) groups excluding carboxylic acids is 1. The first-order valence-corrected chi connectivity index (χ1v) is 17.7. The molecular formula is C35H64O8. The maximum atomic E-state index is 11.7. The first-order chi connectivity index (χ1) is 20.7. The van der Waals surface area contributed by atoms with Crippen LogP contribution in [0.5, 0.6) is 0 Å². The molecule has 2 rings (SSSR count). The van der Waals surface area contributed by atoms with Crippen LogP contribution >= 0.6 is 0 Å². The van der Waals surface area contributed by atoms with Crippen molar-refractivity contribution in [2.24, 2.45) is 0 Å². The molecular weight excluding hydrogens is 548 g/mol. The number of unbranched alkanes of at least 4 members (excludes halogenated alkanes) is 11. The Labute approximate surface area is 261 Å². The molecule has 8 nitrogen and oxygen atoms in total. The van der Waals surface area contributed by atoms with Crippen LogP contribution in [-0.4, -0.2) is 80.3 Å². The fourth-order valence-corrected chi connectivity index (χ4v) is 6.44. The second-order valence-corrected chi connectivity index (χ2v) is 13.3. The van der Waals surface area contributed by atoms with E-state index in [1.165, 1.54) is 51.4 Å². The summed E-state index contributed by atoms with van der Waals surface area (Å²) in [4.78, 5) is 11.7. The molecule has 0 saturated carbocycles. The molecule has 0 unspecified atom stereocenters. The molecule has 8 heteroatoms. The van der Waals surface area contributed by atoms with Crippen molar-refractivity contribution in [2.75, 3.05) is 0 Å². The summed E-state index contributed by atoms with van der Waals surface area (Å²) < 4.78 is 11.1. The molecule has 0 spiro atoms. The standard InChI is InChI=1S/C35H64O8/c1-3-4-5-6-7-8-9-10-11-14-19-31(39)33-22-23-34(43-33)32(40)21-16-20-30(38)29(37)18-15-12-13-17-28(36)25-27-24-26(2)42-35(27)41/h24,26,28-34,36-40H,3-23,25H2,1-2H3/t26-,28+,29-,30+,31+,32-,33-,34+/m1/s1. The van der Waals surface area contributed by atoms with Crippen molar-refractivity contribution in [3.05, 3.63) is 11.6 Å². The highest BCUT2D eigenvalue weighted by atomic mass is 16.5. The summed E-state index contributed by atoms with van der Waals surface area (Å²) in [6, 6.07) is 0. The third-order valence-electron chi connectivity index (χ3n) is 9.22. The Kier molecular flexibility index (Phi) is 19.9. The second kappa shape index (κ2) is 22.5. The third-order valence-corrected chi connectivity index (χ3v) is 9.22. The summed E-state index contributed by atoms with van der Waals surface area (Å²) in [6.07, 6.45) is 17.9. The molecule has 0 aliphatic carbocycles. The molecule has 2 aliphatic rings. The summed E-state index contributed by atoms with van der Waals surface area (Å²) in [5, 5.41) is 52.1. The zero-order chi connectivity index (χ0) is 31.5. The van der Waals surface area contributed by atoms with Crippen LogP contribution in [0.3, 0.4) is 0 Å². The third kappa shape index (κ3) is 16.2. The molecule has 0 amide bonds. The molecule has 2 heterocycles. The first kappa shape index (κ1) is 38.2. The number of hydrogen-bond acceptors (Lipinski definition) is 8. The number of hydrogen-bond donors (Lipinski definition) is 5. The van der Waals surface area contributed by atoms with Crippen LogP contribution in [0.25, 0.3) is 0 Å². The number of aliphatic hydroxyl groups is 5. The minimum absolute atomic E-state index is 0.202. The quantitative estimate of drug-likeness (QED) is 0.0590. The smallest absolute Gasteiger partial charge is 0.334 e. The first-order valence-electron chi connectivity index (χ1n) is 17.7. The number of carbonyl (C=O) groups is 1. The van der Waals surface area contributed by atoms with Gasteiger partial charge < -0.3 is 35.0 Å². The Morgan fingerprint density at radius 1 is 0.674 bits per heavy atom. The Morgan fingerprint density at radius 3 is 1.70 bits per heavy atom. The molecule has 43 heavy (non-hydrogen) atoms. The van der Waals surface area contributed by atoms with Gasteiger partial charge in [0.05, 0.1) is 42.7 Å². The Bertz CT molecular complexity index is 758. The molecule has 0 bridgehead atoms. The molecule has 1 fully saturated rings. The number of ether oxygens (including phenoxy) is 2. The Morgan fingerprint density at radius 2 is 1.14 bits per heavy atom. The van der Waals surface area contributed by atoms with E-state index in [0.29, 0.717) is 44.1 Å². The van der Waals surface area contributed by atoms with Crippen molar-refractivity contribution in [3.8, 4) is 0 Å². The Hall–Kier alpha value is -1.03. The van der Waals surface area contributed by atoms with E-state index >= 15 is 0 Å². The van der Waals surface area contributed by atoms with Crippen LogP contribution in [0.15, 0.2) is 11.6 Å². The van der Waals surface area contributed by atoms with E-state index in [2.05, 4.69) is 6.92 Å². The van der Waals surface area contributed by atoms with Gasteiger partial charge in [-0.1, -0.05) is 90.4 Å². The van der Waals surface area contributed by atoms with E-state index in [-0.39, 0.29) is 24.3 Å². The highest BCUT2D eigenvalue weighted by Crippen LogP contribution is 2.28. The number of aliphatic hydroxyl groups excluding tert-OH is 5. The van der Waals surface area contributed by atoms with Crippen molar-refractivity contribution in [2.45, 2.75) is 204 Å². The van der Waals surface area contributed by atoms with E-state index < -0.39 is 30.5 Å². The van der Waals surface area contributed by atoms with Crippen molar-refractivity contribution in [1.29, 1.82) is 0 Å². The van der Waals surface area contributed by atoms with Crippen LogP contribution in [-0.2, 0) is 14.3 Å². The lowest BCUT2D eigenvalue weighted by atomic mass is 9.97. The molecule has 0 aromatic carbocycles.